The summed E-state index contributed by atoms with van der Waals surface area (Å²) < 4.78 is 40.4. The van der Waals surface area contributed by atoms with Gasteiger partial charge in [-0.1, -0.05) is 31.2 Å². The summed E-state index contributed by atoms with van der Waals surface area (Å²) in [7, 11) is 0. The third kappa shape index (κ3) is 2.89. The van der Waals surface area contributed by atoms with Crippen molar-refractivity contribution in [1.82, 2.24) is 0 Å². The highest BCUT2D eigenvalue weighted by molar-refractivity contribution is 5.47. The number of rotatable bonds is 4. The molecule has 1 atom stereocenters. The van der Waals surface area contributed by atoms with Crippen LogP contribution in [0.25, 0.3) is 0 Å². The molecule has 100 valence electrons. The summed E-state index contributed by atoms with van der Waals surface area (Å²) >= 11 is 0. The van der Waals surface area contributed by atoms with Crippen molar-refractivity contribution in [2.75, 3.05) is 5.32 Å². The van der Waals surface area contributed by atoms with Crippen molar-refractivity contribution in [2.45, 2.75) is 19.4 Å². The molecule has 1 nitrogen and oxygen atoms in total. The van der Waals surface area contributed by atoms with Crippen LogP contribution in [0.4, 0.5) is 18.9 Å². The second kappa shape index (κ2) is 5.78. The Balaban J connectivity index is 2.30. The summed E-state index contributed by atoms with van der Waals surface area (Å²) in [5.74, 6) is -2.23. The van der Waals surface area contributed by atoms with Gasteiger partial charge < -0.3 is 5.32 Å². The van der Waals surface area contributed by atoms with Crippen LogP contribution in [0, 0.1) is 17.5 Å². The van der Waals surface area contributed by atoms with Crippen molar-refractivity contribution in [3.63, 3.8) is 0 Å². The van der Waals surface area contributed by atoms with Crippen molar-refractivity contribution < 1.29 is 13.2 Å². The number of hydrogen-bond acceptors (Lipinski definition) is 1. The van der Waals surface area contributed by atoms with Gasteiger partial charge in [-0.3, -0.25) is 0 Å². The molecule has 2 aromatic carbocycles. The van der Waals surface area contributed by atoms with Crippen LogP contribution < -0.4 is 5.32 Å². The number of hydrogen-bond donors (Lipinski definition) is 1. The number of benzene rings is 2. The molecule has 0 saturated heterocycles. The molecule has 0 saturated carbocycles. The molecule has 1 N–H and O–H groups in total. The monoisotopic (exact) mass is 265 g/mol. The van der Waals surface area contributed by atoms with Crippen molar-refractivity contribution in [3.8, 4) is 0 Å². The van der Waals surface area contributed by atoms with E-state index in [1.807, 2.05) is 6.92 Å². The summed E-state index contributed by atoms with van der Waals surface area (Å²) in [6.45, 7) is 1.85. The average Bonchev–Trinajstić information content (AvgIpc) is 2.41. The largest absolute Gasteiger partial charge is 0.376 e. The van der Waals surface area contributed by atoms with Crippen LogP contribution in [-0.4, -0.2) is 0 Å². The van der Waals surface area contributed by atoms with Gasteiger partial charge in [0.1, 0.15) is 5.82 Å². The minimum atomic E-state index is -0.947. The van der Waals surface area contributed by atoms with E-state index in [0.29, 0.717) is 12.0 Å². The SMILES string of the molecule is CCC(Nc1cccc(F)c1F)c1ccccc1F. The number of halogens is 3. The second-order valence-electron chi connectivity index (χ2n) is 4.23. The van der Waals surface area contributed by atoms with E-state index in [9.17, 15) is 13.2 Å². The average molecular weight is 265 g/mol. The topological polar surface area (TPSA) is 12.0 Å². The van der Waals surface area contributed by atoms with Crippen LogP contribution in [0.3, 0.4) is 0 Å². The molecule has 0 fully saturated rings. The molecule has 1 unspecified atom stereocenters. The smallest absolute Gasteiger partial charge is 0.181 e. The third-order valence-electron chi connectivity index (χ3n) is 2.97. The first-order valence-electron chi connectivity index (χ1n) is 6.08. The van der Waals surface area contributed by atoms with Crippen LogP contribution in [0.5, 0.6) is 0 Å². The van der Waals surface area contributed by atoms with Gasteiger partial charge in [-0.25, -0.2) is 13.2 Å². The van der Waals surface area contributed by atoms with E-state index in [1.165, 1.54) is 18.2 Å². The predicted molar refractivity (Wildman–Crippen MR) is 69.4 cm³/mol. The first kappa shape index (κ1) is 13.5. The Bertz CT molecular complexity index is 569. The molecule has 19 heavy (non-hydrogen) atoms. The van der Waals surface area contributed by atoms with E-state index in [-0.39, 0.29) is 11.5 Å². The number of anilines is 1. The maximum Gasteiger partial charge on any atom is 0.181 e. The zero-order chi connectivity index (χ0) is 13.8. The molecule has 0 amide bonds. The molecule has 0 aliphatic carbocycles. The van der Waals surface area contributed by atoms with Crippen molar-refractivity contribution in [3.05, 3.63) is 65.5 Å². The Hall–Kier alpha value is -1.97. The van der Waals surface area contributed by atoms with E-state index in [2.05, 4.69) is 5.32 Å². The molecule has 0 aromatic heterocycles. The lowest BCUT2D eigenvalue weighted by atomic mass is 10.0. The molecular weight excluding hydrogens is 251 g/mol. The molecule has 0 radical (unpaired) electrons. The summed E-state index contributed by atoms with van der Waals surface area (Å²) in [6, 6.07) is 9.77. The number of nitrogens with one attached hydrogen (secondary N) is 1. The van der Waals surface area contributed by atoms with Crippen molar-refractivity contribution in [2.24, 2.45) is 0 Å². The van der Waals surface area contributed by atoms with E-state index < -0.39 is 17.7 Å². The molecule has 2 rings (SSSR count). The summed E-state index contributed by atoms with van der Waals surface area (Å²) in [6.07, 6.45) is 0.552. The lowest BCUT2D eigenvalue weighted by Gasteiger charge is -2.19. The van der Waals surface area contributed by atoms with Crippen LogP contribution in [-0.2, 0) is 0 Å². The molecule has 0 aliphatic heterocycles. The van der Waals surface area contributed by atoms with Gasteiger partial charge in [0, 0.05) is 5.56 Å². The van der Waals surface area contributed by atoms with Gasteiger partial charge in [0.15, 0.2) is 11.6 Å². The van der Waals surface area contributed by atoms with Gasteiger partial charge in [-0.15, -0.1) is 0 Å². The van der Waals surface area contributed by atoms with E-state index in [4.69, 9.17) is 0 Å². The predicted octanol–water partition coefficient (Wildman–Crippen LogP) is 4.67. The van der Waals surface area contributed by atoms with Crippen molar-refractivity contribution in [1.29, 1.82) is 0 Å². The molecule has 2 aromatic rings. The zero-order valence-electron chi connectivity index (χ0n) is 10.5. The van der Waals surface area contributed by atoms with Gasteiger partial charge in [0.25, 0.3) is 0 Å². The second-order valence-corrected chi connectivity index (χ2v) is 4.23. The van der Waals surface area contributed by atoms with Crippen LogP contribution in [0.15, 0.2) is 42.5 Å². The highest BCUT2D eigenvalue weighted by atomic mass is 19.2. The van der Waals surface area contributed by atoms with Crippen LogP contribution in [0.1, 0.15) is 24.9 Å². The first-order chi connectivity index (χ1) is 9.13. The highest BCUT2D eigenvalue weighted by Crippen LogP contribution is 2.26. The molecule has 0 bridgehead atoms. The quantitative estimate of drug-likeness (QED) is 0.847. The molecule has 0 spiro atoms. The van der Waals surface area contributed by atoms with Gasteiger partial charge in [0.2, 0.25) is 0 Å². The molecule has 0 heterocycles. The van der Waals surface area contributed by atoms with E-state index >= 15 is 0 Å². The lowest BCUT2D eigenvalue weighted by molar-refractivity contribution is 0.508. The minimum Gasteiger partial charge on any atom is -0.376 e. The minimum absolute atomic E-state index is 0.0371. The maximum atomic E-state index is 13.7. The Kier molecular flexibility index (Phi) is 4.10. The van der Waals surface area contributed by atoms with Gasteiger partial charge >= 0.3 is 0 Å². The normalized spacial score (nSPS) is 12.2. The van der Waals surface area contributed by atoms with Gasteiger partial charge in [-0.2, -0.15) is 0 Å². The van der Waals surface area contributed by atoms with Crippen LogP contribution in [0.2, 0.25) is 0 Å². The Morgan fingerprint density at radius 2 is 1.63 bits per heavy atom. The fourth-order valence-corrected chi connectivity index (χ4v) is 1.96. The summed E-state index contributed by atoms with van der Waals surface area (Å²) in [4.78, 5) is 0. The molecular formula is C15H14F3N. The Labute approximate surface area is 110 Å². The summed E-state index contributed by atoms with van der Waals surface area (Å²) in [5.41, 5.74) is 0.476. The highest BCUT2D eigenvalue weighted by Gasteiger charge is 2.16. The lowest BCUT2D eigenvalue weighted by Crippen LogP contribution is -2.12. The van der Waals surface area contributed by atoms with E-state index in [0.717, 1.165) is 6.07 Å². The van der Waals surface area contributed by atoms with Gasteiger partial charge in [0.05, 0.1) is 11.7 Å². The Morgan fingerprint density at radius 1 is 0.947 bits per heavy atom. The fraction of sp³-hybridized carbons (Fsp3) is 0.200. The standard InChI is InChI=1S/C15H14F3N/c1-2-13(10-6-3-4-7-11(10)16)19-14-9-5-8-12(17)15(14)18/h3-9,13,19H,2H2,1H3. The third-order valence-corrected chi connectivity index (χ3v) is 2.97. The van der Waals surface area contributed by atoms with Gasteiger partial charge in [-0.05, 0) is 24.6 Å². The van der Waals surface area contributed by atoms with Crippen molar-refractivity contribution >= 4 is 5.69 Å². The summed E-state index contributed by atoms with van der Waals surface area (Å²) in [5, 5.41) is 2.84. The first-order valence-corrected chi connectivity index (χ1v) is 6.08. The molecule has 4 heteroatoms. The Morgan fingerprint density at radius 3 is 2.32 bits per heavy atom. The maximum absolute atomic E-state index is 13.7. The molecule has 0 aliphatic rings. The van der Waals surface area contributed by atoms with E-state index in [1.54, 1.807) is 18.2 Å². The zero-order valence-corrected chi connectivity index (χ0v) is 10.5. The van der Waals surface area contributed by atoms with Crippen LogP contribution >= 0.6 is 0 Å². The fourth-order valence-electron chi connectivity index (χ4n) is 1.96.